The first-order valence-electron chi connectivity index (χ1n) is 5.90. The second-order valence-electron chi connectivity index (χ2n) is 4.18. The molecule has 0 aliphatic heterocycles. The van der Waals surface area contributed by atoms with Gasteiger partial charge in [0.1, 0.15) is 5.69 Å². The lowest BCUT2D eigenvalue weighted by molar-refractivity contribution is 0.194. The van der Waals surface area contributed by atoms with Gasteiger partial charge in [0.05, 0.1) is 18.0 Å². The summed E-state index contributed by atoms with van der Waals surface area (Å²) in [5, 5.41) is 17.3. The van der Waals surface area contributed by atoms with Crippen LogP contribution in [-0.4, -0.2) is 20.1 Å². The van der Waals surface area contributed by atoms with Gasteiger partial charge in [-0.25, -0.2) is 4.68 Å². The van der Waals surface area contributed by atoms with E-state index in [0.29, 0.717) is 5.69 Å². The second kappa shape index (κ2) is 5.10. The normalized spacial score (nSPS) is 12.6. The summed E-state index contributed by atoms with van der Waals surface area (Å²) in [6, 6.07) is 8.24. The van der Waals surface area contributed by atoms with Crippen molar-refractivity contribution >= 4 is 0 Å². The molecule has 0 radical (unpaired) electrons. The number of benzene rings is 1. The van der Waals surface area contributed by atoms with E-state index < -0.39 is 6.10 Å². The largest absolute Gasteiger partial charge is 0.387 e. The molecule has 2 aromatic rings. The Labute approximate surface area is 101 Å². The van der Waals surface area contributed by atoms with Crippen LogP contribution in [0.25, 0.3) is 5.69 Å². The van der Waals surface area contributed by atoms with E-state index in [0.717, 1.165) is 18.5 Å². The summed E-state index contributed by atoms with van der Waals surface area (Å²) in [7, 11) is 0. The Morgan fingerprint density at radius 3 is 2.53 bits per heavy atom. The molecule has 17 heavy (non-hydrogen) atoms. The standard InChI is InChI=1S/C13H17N3O/c1-3-4-11-5-7-12(8-6-11)16-9-13(10(2)17)14-15-16/h5-10,17H,3-4H2,1-2H3. The lowest BCUT2D eigenvalue weighted by Gasteiger charge is -2.02. The number of nitrogens with zero attached hydrogens (tertiary/aromatic N) is 3. The fraction of sp³-hybridized carbons (Fsp3) is 0.385. The van der Waals surface area contributed by atoms with E-state index in [1.807, 2.05) is 12.1 Å². The second-order valence-corrected chi connectivity index (χ2v) is 4.18. The van der Waals surface area contributed by atoms with E-state index in [2.05, 4.69) is 29.4 Å². The molecule has 2 rings (SSSR count). The first-order valence-corrected chi connectivity index (χ1v) is 5.90. The van der Waals surface area contributed by atoms with Crippen LogP contribution in [0.2, 0.25) is 0 Å². The maximum Gasteiger partial charge on any atom is 0.111 e. The number of aliphatic hydroxyl groups excluding tert-OH is 1. The van der Waals surface area contributed by atoms with Crippen LogP contribution in [0.1, 0.15) is 37.6 Å². The SMILES string of the molecule is CCCc1ccc(-n2cc(C(C)O)nn2)cc1. The zero-order valence-corrected chi connectivity index (χ0v) is 10.2. The maximum absolute atomic E-state index is 9.38. The summed E-state index contributed by atoms with van der Waals surface area (Å²) in [5.41, 5.74) is 2.87. The molecule has 4 heteroatoms. The summed E-state index contributed by atoms with van der Waals surface area (Å²) in [5.74, 6) is 0. The highest BCUT2D eigenvalue weighted by Crippen LogP contribution is 2.13. The van der Waals surface area contributed by atoms with Gasteiger partial charge in [0.25, 0.3) is 0 Å². The number of rotatable bonds is 4. The van der Waals surface area contributed by atoms with E-state index in [-0.39, 0.29) is 0 Å². The highest BCUT2D eigenvalue weighted by molar-refractivity contribution is 5.34. The summed E-state index contributed by atoms with van der Waals surface area (Å²) in [4.78, 5) is 0. The molecule has 90 valence electrons. The molecule has 0 bridgehead atoms. The zero-order chi connectivity index (χ0) is 12.3. The molecule has 4 nitrogen and oxygen atoms in total. The molecule has 1 unspecified atom stereocenters. The highest BCUT2D eigenvalue weighted by atomic mass is 16.3. The van der Waals surface area contributed by atoms with Gasteiger partial charge < -0.3 is 5.11 Å². The van der Waals surface area contributed by atoms with Gasteiger partial charge in [0.2, 0.25) is 0 Å². The Morgan fingerprint density at radius 1 is 1.29 bits per heavy atom. The molecule has 0 amide bonds. The molecule has 1 N–H and O–H groups in total. The monoisotopic (exact) mass is 231 g/mol. The molecule has 0 spiro atoms. The van der Waals surface area contributed by atoms with Gasteiger partial charge in [-0.1, -0.05) is 30.7 Å². The number of hydrogen-bond donors (Lipinski definition) is 1. The average molecular weight is 231 g/mol. The quantitative estimate of drug-likeness (QED) is 0.878. The fourth-order valence-corrected chi connectivity index (χ4v) is 1.70. The van der Waals surface area contributed by atoms with E-state index in [1.54, 1.807) is 17.8 Å². The van der Waals surface area contributed by atoms with Gasteiger partial charge in [-0.15, -0.1) is 5.10 Å². The summed E-state index contributed by atoms with van der Waals surface area (Å²) >= 11 is 0. The minimum Gasteiger partial charge on any atom is -0.387 e. The molecule has 0 aliphatic carbocycles. The third-order valence-electron chi connectivity index (χ3n) is 2.68. The van der Waals surface area contributed by atoms with Crippen molar-refractivity contribution in [2.24, 2.45) is 0 Å². The Bertz CT molecular complexity index is 474. The van der Waals surface area contributed by atoms with Gasteiger partial charge in [0, 0.05) is 0 Å². The lowest BCUT2D eigenvalue weighted by Crippen LogP contribution is -1.95. The minimum atomic E-state index is -0.580. The van der Waals surface area contributed by atoms with Crippen LogP contribution in [0.4, 0.5) is 0 Å². The van der Waals surface area contributed by atoms with Crippen LogP contribution in [0.3, 0.4) is 0 Å². The molecule has 0 saturated heterocycles. The van der Waals surface area contributed by atoms with E-state index in [9.17, 15) is 5.11 Å². The first-order chi connectivity index (χ1) is 8.20. The van der Waals surface area contributed by atoms with Crippen LogP contribution in [0.5, 0.6) is 0 Å². The topological polar surface area (TPSA) is 50.9 Å². The minimum absolute atomic E-state index is 0.580. The van der Waals surface area contributed by atoms with Crippen molar-refractivity contribution in [3.05, 3.63) is 41.7 Å². The van der Waals surface area contributed by atoms with Crippen molar-refractivity contribution in [2.75, 3.05) is 0 Å². The van der Waals surface area contributed by atoms with Gasteiger partial charge in [-0.2, -0.15) is 0 Å². The molecule has 0 aliphatic rings. The predicted octanol–water partition coefficient (Wildman–Crippen LogP) is 2.27. The molecular weight excluding hydrogens is 214 g/mol. The zero-order valence-electron chi connectivity index (χ0n) is 10.2. The van der Waals surface area contributed by atoms with E-state index >= 15 is 0 Å². The van der Waals surface area contributed by atoms with Crippen molar-refractivity contribution in [2.45, 2.75) is 32.8 Å². The highest BCUT2D eigenvalue weighted by Gasteiger charge is 2.07. The Hall–Kier alpha value is -1.68. The van der Waals surface area contributed by atoms with E-state index in [1.165, 1.54) is 5.56 Å². The van der Waals surface area contributed by atoms with E-state index in [4.69, 9.17) is 0 Å². The molecule has 1 aromatic carbocycles. The maximum atomic E-state index is 9.38. The summed E-state index contributed by atoms with van der Waals surface area (Å²) < 4.78 is 1.68. The van der Waals surface area contributed by atoms with Crippen LogP contribution in [0, 0.1) is 0 Å². The van der Waals surface area contributed by atoms with Crippen molar-refractivity contribution in [3.8, 4) is 5.69 Å². The Morgan fingerprint density at radius 2 is 2.00 bits per heavy atom. The van der Waals surface area contributed by atoms with Gasteiger partial charge in [-0.05, 0) is 31.0 Å². The molecule has 1 atom stereocenters. The number of aromatic nitrogens is 3. The van der Waals surface area contributed by atoms with Gasteiger partial charge >= 0.3 is 0 Å². The Kier molecular flexibility index (Phi) is 3.54. The van der Waals surface area contributed by atoms with Crippen molar-refractivity contribution in [1.29, 1.82) is 0 Å². The molecular formula is C13H17N3O. The number of aliphatic hydroxyl groups is 1. The molecule has 1 heterocycles. The van der Waals surface area contributed by atoms with Crippen molar-refractivity contribution in [3.63, 3.8) is 0 Å². The van der Waals surface area contributed by atoms with Gasteiger partial charge in [0.15, 0.2) is 0 Å². The van der Waals surface area contributed by atoms with Crippen LogP contribution >= 0.6 is 0 Å². The summed E-state index contributed by atoms with van der Waals surface area (Å²) in [6.07, 6.45) is 3.41. The molecule has 0 saturated carbocycles. The third kappa shape index (κ3) is 2.71. The number of hydrogen-bond acceptors (Lipinski definition) is 3. The van der Waals surface area contributed by atoms with Crippen molar-refractivity contribution in [1.82, 2.24) is 15.0 Å². The lowest BCUT2D eigenvalue weighted by atomic mass is 10.1. The average Bonchev–Trinajstić information content (AvgIpc) is 2.80. The third-order valence-corrected chi connectivity index (χ3v) is 2.68. The predicted molar refractivity (Wildman–Crippen MR) is 66.0 cm³/mol. The van der Waals surface area contributed by atoms with Crippen LogP contribution in [0.15, 0.2) is 30.5 Å². The van der Waals surface area contributed by atoms with Crippen LogP contribution < -0.4 is 0 Å². The fourth-order valence-electron chi connectivity index (χ4n) is 1.70. The van der Waals surface area contributed by atoms with Crippen LogP contribution in [-0.2, 0) is 6.42 Å². The molecule has 1 aromatic heterocycles. The van der Waals surface area contributed by atoms with Crippen molar-refractivity contribution < 1.29 is 5.11 Å². The van der Waals surface area contributed by atoms with Gasteiger partial charge in [-0.3, -0.25) is 0 Å². The smallest absolute Gasteiger partial charge is 0.111 e. The first kappa shape index (κ1) is 11.8. The summed E-state index contributed by atoms with van der Waals surface area (Å²) in [6.45, 7) is 3.85. The molecule has 0 fully saturated rings. The Balaban J connectivity index is 2.21. The number of aryl methyl sites for hydroxylation is 1.